The fraction of sp³-hybridized carbons (Fsp3) is 0.250. The molecule has 2 unspecified atom stereocenters. The highest BCUT2D eigenvalue weighted by molar-refractivity contribution is 7.90. The highest BCUT2D eigenvalue weighted by atomic mass is 32.2. The molecule has 0 radical (unpaired) electrons. The Bertz CT molecular complexity index is 839. The second-order valence-electron chi connectivity index (χ2n) is 5.40. The maximum atomic E-state index is 12.6. The van der Waals surface area contributed by atoms with Crippen LogP contribution in [0.25, 0.3) is 11.0 Å². The van der Waals surface area contributed by atoms with Gasteiger partial charge < -0.3 is 25.2 Å². The monoisotopic (exact) mass is 363 g/mol. The van der Waals surface area contributed by atoms with Gasteiger partial charge in [0.2, 0.25) is 0 Å². The van der Waals surface area contributed by atoms with Crippen LogP contribution in [0, 0.1) is 0 Å². The van der Waals surface area contributed by atoms with Crippen LogP contribution in [0.2, 0.25) is 0 Å². The van der Waals surface area contributed by atoms with Crippen LogP contribution in [0.5, 0.6) is 5.75 Å². The van der Waals surface area contributed by atoms with Crippen molar-refractivity contribution in [3.63, 3.8) is 0 Å². The summed E-state index contributed by atoms with van der Waals surface area (Å²) >= 11 is -1.35. The van der Waals surface area contributed by atoms with Crippen LogP contribution in [0.15, 0.2) is 45.9 Å². The first-order valence-corrected chi connectivity index (χ1v) is 8.80. The van der Waals surface area contributed by atoms with Gasteiger partial charge in [-0.3, -0.25) is 0 Å². The first-order chi connectivity index (χ1) is 12.1. The van der Waals surface area contributed by atoms with E-state index in [9.17, 15) is 9.66 Å². The lowest BCUT2D eigenvalue weighted by Gasteiger charge is -2.12. The van der Waals surface area contributed by atoms with Gasteiger partial charge >= 0.3 is 0 Å². The first kappa shape index (κ1) is 17.5. The first-order valence-electron chi connectivity index (χ1n) is 7.48. The van der Waals surface area contributed by atoms with Gasteiger partial charge in [0.25, 0.3) is 0 Å². The molecule has 0 saturated heterocycles. The summed E-state index contributed by atoms with van der Waals surface area (Å²) in [4.78, 5) is 0.511. The van der Waals surface area contributed by atoms with Crippen LogP contribution in [0.3, 0.4) is 0 Å². The molecule has 0 bridgehead atoms. The van der Waals surface area contributed by atoms with Crippen LogP contribution in [0.1, 0.15) is 5.56 Å². The average molecular weight is 363 g/mol. The number of anilines is 1. The summed E-state index contributed by atoms with van der Waals surface area (Å²) in [5, 5.41) is 25.5. The minimum atomic E-state index is -1.35. The van der Waals surface area contributed by atoms with Crippen molar-refractivity contribution in [3.05, 3.63) is 42.0 Å². The van der Waals surface area contributed by atoms with E-state index in [4.69, 9.17) is 15.6 Å². The summed E-state index contributed by atoms with van der Waals surface area (Å²) in [6, 6.07) is 10.3. The molecule has 4 N–H and O–H groups in total. The van der Waals surface area contributed by atoms with Gasteiger partial charge in [0.05, 0.1) is 12.3 Å². The van der Waals surface area contributed by atoms with E-state index in [2.05, 4.69) is 14.9 Å². The number of aromatic nitrogens is 2. The Morgan fingerprint density at radius 1 is 1.16 bits per heavy atom. The zero-order valence-corrected chi connectivity index (χ0v) is 14.0. The molecule has 0 saturated carbocycles. The lowest BCUT2D eigenvalue weighted by molar-refractivity contribution is 0.0536. The molecule has 3 aromatic rings. The number of hydrogen-bond donors (Lipinski definition) is 3. The number of rotatable bonds is 7. The van der Waals surface area contributed by atoms with Crippen molar-refractivity contribution < 1.29 is 24.1 Å². The van der Waals surface area contributed by atoms with Crippen LogP contribution < -0.4 is 10.5 Å². The second kappa shape index (κ2) is 7.70. The van der Waals surface area contributed by atoms with E-state index in [1.54, 1.807) is 36.4 Å². The summed E-state index contributed by atoms with van der Waals surface area (Å²) in [5.74, 6) is 0.836. The number of nitrogens with two attached hydrogens (primary N) is 1. The third-order valence-electron chi connectivity index (χ3n) is 3.53. The van der Waals surface area contributed by atoms with E-state index in [0.717, 1.165) is 5.56 Å². The number of benzene rings is 2. The zero-order chi connectivity index (χ0) is 17.8. The summed E-state index contributed by atoms with van der Waals surface area (Å²) in [7, 11) is 0. The highest BCUT2D eigenvalue weighted by Crippen LogP contribution is 2.27. The zero-order valence-electron chi connectivity index (χ0n) is 13.2. The Labute approximate surface area is 146 Å². The third kappa shape index (κ3) is 4.02. The fourth-order valence-electron chi connectivity index (χ4n) is 2.20. The van der Waals surface area contributed by atoms with E-state index in [0.29, 0.717) is 27.4 Å². The molecule has 0 spiro atoms. The van der Waals surface area contributed by atoms with E-state index in [1.807, 2.05) is 0 Å². The standard InChI is InChI=1S/C16H17N3O5S/c17-13-5-6-14(16-15(13)18-24-19-16)25(22)9-10-1-3-12(4-2-10)23-8-11(21)7-20/h1-6,11,20-21H,7-9,17H2. The second-order valence-corrected chi connectivity index (χ2v) is 6.82. The van der Waals surface area contributed by atoms with Crippen molar-refractivity contribution in [2.75, 3.05) is 18.9 Å². The molecule has 132 valence electrons. The Morgan fingerprint density at radius 2 is 1.88 bits per heavy atom. The van der Waals surface area contributed by atoms with Gasteiger partial charge in [0, 0.05) is 5.56 Å². The molecule has 1 heterocycles. The van der Waals surface area contributed by atoms with Gasteiger partial charge in [0.1, 0.15) is 24.2 Å². The molecule has 2 aromatic carbocycles. The molecule has 0 fully saturated rings. The maximum Gasteiger partial charge on any atom is 0.192 e. The van der Waals surface area contributed by atoms with E-state index < -0.39 is 17.3 Å². The predicted molar refractivity (Wildman–Crippen MR) is 91.4 cm³/mol. The van der Waals surface area contributed by atoms with Crippen LogP contribution in [-0.2, 0) is 16.9 Å². The van der Waals surface area contributed by atoms with Crippen LogP contribution in [0.4, 0.5) is 5.69 Å². The lowest BCUT2D eigenvalue weighted by atomic mass is 10.2. The normalized spacial score (nSPS) is 13.7. The van der Waals surface area contributed by atoms with Crippen molar-refractivity contribution in [3.8, 4) is 5.75 Å². The molecule has 0 aliphatic heterocycles. The summed E-state index contributed by atoms with van der Waals surface area (Å²) in [6.07, 6.45) is -0.920. The number of nitrogens with zero attached hydrogens (tertiary/aromatic N) is 2. The molecule has 9 heteroatoms. The topological polar surface area (TPSA) is 138 Å². The minimum absolute atomic E-state index is 0.00432. The third-order valence-corrected chi connectivity index (χ3v) is 4.94. The Balaban J connectivity index is 1.69. The van der Waals surface area contributed by atoms with Gasteiger partial charge in [0.15, 0.2) is 15.9 Å². The lowest BCUT2D eigenvalue weighted by Crippen LogP contribution is -2.21. The van der Waals surface area contributed by atoms with Crippen molar-refractivity contribution in [2.45, 2.75) is 16.8 Å². The van der Waals surface area contributed by atoms with Crippen LogP contribution >= 0.6 is 0 Å². The predicted octanol–water partition coefficient (Wildman–Crippen LogP) is 0.845. The molecule has 0 aliphatic rings. The van der Waals surface area contributed by atoms with Crippen molar-refractivity contribution in [1.82, 2.24) is 10.3 Å². The number of ether oxygens (including phenoxy) is 1. The number of aliphatic hydroxyl groups excluding tert-OH is 2. The molecule has 8 nitrogen and oxygen atoms in total. The molecular weight excluding hydrogens is 346 g/mol. The van der Waals surface area contributed by atoms with E-state index in [1.165, 1.54) is 0 Å². The SMILES string of the molecule is Nc1ccc([S+]([O-])Cc2ccc(OCC(O)CO)cc2)c2nonc12. The number of aliphatic hydroxyl groups is 2. The molecular formula is C16H17N3O5S. The number of fused-ring (bicyclic) bond motifs is 1. The van der Waals surface area contributed by atoms with Gasteiger partial charge in [-0.1, -0.05) is 12.1 Å². The average Bonchev–Trinajstić information content (AvgIpc) is 3.11. The number of hydrogen-bond acceptors (Lipinski definition) is 8. The van der Waals surface area contributed by atoms with Gasteiger partial charge in [-0.05, 0) is 45.8 Å². The molecule has 0 aliphatic carbocycles. The Morgan fingerprint density at radius 3 is 2.60 bits per heavy atom. The van der Waals surface area contributed by atoms with Crippen LogP contribution in [-0.4, -0.2) is 44.4 Å². The molecule has 3 rings (SSSR count). The van der Waals surface area contributed by atoms with E-state index >= 15 is 0 Å². The molecule has 0 amide bonds. The van der Waals surface area contributed by atoms with Gasteiger partial charge in [-0.15, -0.1) is 0 Å². The van der Waals surface area contributed by atoms with Crippen molar-refractivity contribution in [2.24, 2.45) is 0 Å². The molecule has 1 aromatic heterocycles. The number of nitrogen functional groups attached to an aromatic ring is 1. The quantitative estimate of drug-likeness (QED) is 0.415. The molecule has 2 atom stereocenters. The van der Waals surface area contributed by atoms with Gasteiger partial charge in [-0.25, -0.2) is 4.63 Å². The summed E-state index contributed by atoms with van der Waals surface area (Å²) in [6.45, 7) is -0.353. The minimum Gasteiger partial charge on any atom is -0.611 e. The largest absolute Gasteiger partial charge is 0.611 e. The highest BCUT2D eigenvalue weighted by Gasteiger charge is 2.20. The Kier molecular flexibility index (Phi) is 5.39. The van der Waals surface area contributed by atoms with E-state index in [-0.39, 0.29) is 19.0 Å². The van der Waals surface area contributed by atoms with Crippen molar-refractivity contribution >= 4 is 27.9 Å². The molecule has 25 heavy (non-hydrogen) atoms. The van der Waals surface area contributed by atoms with Crippen molar-refractivity contribution in [1.29, 1.82) is 0 Å². The van der Waals surface area contributed by atoms with Gasteiger partial charge in [-0.2, -0.15) is 0 Å². The Hall–Kier alpha value is -2.33. The maximum absolute atomic E-state index is 12.6. The smallest absolute Gasteiger partial charge is 0.192 e. The fourth-order valence-corrected chi connectivity index (χ4v) is 3.42. The summed E-state index contributed by atoms with van der Waals surface area (Å²) in [5.41, 5.74) is 7.85. The summed E-state index contributed by atoms with van der Waals surface area (Å²) < 4.78 is 22.7.